The molecule has 1 aromatic heterocycles. The second-order valence-corrected chi connectivity index (χ2v) is 5.57. The first-order chi connectivity index (χ1) is 9.02. The topological polar surface area (TPSA) is 68.0 Å². The summed E-state index contributed by atoms with van der Waals surface area (Å²) in [6.45, 7) is 2.15. The molecule has 1 heterocycles. The Morgan fingerprint density at radius 2 is 2.21 bits per heavy atom. The maximum absolute atomic E-state index is 12.0. The van der Waals surface area contributed by atoms with Gasteiger partial charge in [-0.15, -0.1) is 11.3 Å². The van der Waals surface area contributed by atoms with Crippen molar-refractivity contribution in [3.8, 4) is 0 Å². The van der Waals surface area contributed by atoms with Gasteiger partial charge in [0, 0.05) is 11.9 Å². The maximum atomic E-state index is 12.0. The van der Waals surface area contributed by atoms with Gasteiger partial charge in [-0.3, -0.25) is 4.79 Å². The molecule has 0 saturated heterocycles. The van der Waals surface area contributed by atoms with E-state index in [1.807, 2.05) is 6.92 Å². The summed E-state index contributed by atoms with van der Waals surface area (Å²) >= 11 is 13.5. The predicted molar refractivity (Wildman–Crippen MR) is 79.2 cm³/mol. The normalized spacial score (nSPS) is 10.5. The minimum absolute atomic E-state index is 0.305. The van der Waals surface area contributed by atoms with Gasteiger partial charge in [0.15, 0.2) is 0 Å². The van der Waals surface area contributed by atoms with Crippen LogP contribution in [0, 0.1) is 6.92 Å². The van der Waals surface area contributed by atoms with Crippen LogP contribution in [0.1, 0.15) is 21.1 Å². The molecule has 7 heteroatoms. The Morgan fingerprint density at radius 1 is 1.47 bits per heavy atom. The minimum Gasteiger partial charge on any atom is -0.325 e. The van der Waals surface area contributed by atoms with Gasteiger partial charge in [-0.05, 0) is 18.6 Å². The second-order valence-electron chi connectivity index (χ2n) is 3.84. The molecule has 0 aliphatic carbocycles. The molecule has 19 heavy (non-hydrogen) atoms. The van der Waals surface area contributed by atoms with Crippen LogP contribution in [0.4, 0.5) is 5.69 Å². The number of benzene rings is 1. The van der Waals surface area contributed by atoms with Crippen molar-refractivity contribution >= 4 is 46.1 Å². The van der Waals surface area contributed by atoms with Crippen LogP contribution < -0.4 is 11.1 Å². The third kappa shape index (κ3) is 3.06. The van der Waals surface area contributed by atoms with Gasteiger partial charge in [-0.2, -0.15) is 0 Å². The van der Waals surface area contributed by atoms with Gasteiger partial charge >= 0.3 is 0 Å². The summed E-state index contributed by atoms with van der Waals surface area (Å²) in [6.07, 6.45) is 0. The number of nitrogens with two attached hydrogens (primary N) is 1. The number of aryl methyl sites for hydroxylation is 1. The van der Waals surface area contributed by atoms with E-state index in [-0.39, 0.29) is 5.91 Å². The minimum atomic E-state index is -0.356. The Labute approximate surface area is 124 Å². The number of carbonyl (C=O) groups is 1. The molecule has 0 fully saturated rings. The number of aromatic nitrogens is 1. The molecule has 0 saturated carbocycles. The van der Waals surface area contributed by atoms with E-state index in [1.165, 1.54) is 11.3 Å². The third-order valence-corrected chi connectivity index (χ3v) is 4.15. The van der Waals surface area contributed by atoms with E-state index >= 15 is 0 Å². The van der Waals surface area contributed by atoms with Crippen LogP contribution in [0.25, 0.3) is 0 Å². The number of hydrogen-bond acceptors (Lipinski definition) is 4. The number of hydrogen-bond donors (Lipinski definition) is 2. The van der Waals surface area contributed by atoms with Gasteiger partial charge in [0.05, 0.1) is 15.7 Å². The zero-order valence-electron chi connectivity index (χ0n) is 10.0. The number of thiazole rings is 1. The van der Waals surface area contributed by atoms with Gasteiger partial charge in [0.2, 0.25) is 0 Å². The Balaban J connectivity index is 2.26. The standard InChI is InChI=1S/C12H11Cl2N3OS/c1-6-2-3-7(13)11(10(6)14)17-12(18)8-5-19-9(4-15)16-8/h2-3,5H,4,15H2,1H3,(H,17,18). The van der Waals surface area contributed by atoms with E-state index in [2.05, 4.69) is 10.3 Å². The summed E-state index contributed by atoms with van der Waals surface area (Å²) in [7, 11) is 0. The lowest BCUT2D eigenvalue weighted by atomic mass is 10.2. The Kier molecular flexibility index (Phi) is 4.42. The highest BCUT2D eigenvalue weighted by molar-refractivity contribution is 7.09. The number of rotatable bonds is 3. The number of anilines is 1. The van der Waals surface area contributed by atoms with Gasteiger partial charge in [0.1, 0.15) is 10.7 Å². The van der Waals surface area contributed by atoms with Crippen molar-refractivity contribution in [1.29, 1.82) is 0 Å². The fraction of sp³-hybridized carbons (Fsp3) is 0.167. The lowest BCUT2D eigenvalue weighted by molar-refractivity contribution is 0.102. The molecule has 0 radical (unpaired) electrons. The van der Waals surface area contributed by atoms with Crippen molar-refractivity contribution < 1.29 is 4.79 Å². The second kappa shape index (κ2) is 5.88. The lowest BCUT2D eigenvalue weighted by Crippen LogP contribution is -2.13. The van der Waals surface area contributed by atoms with Crippen molar-refractivity contribution in [1.82, 2.24) is 4.98 Å². The van der Waals surface area contributed by atoms with E-state index in [4.69, 9.17) is 28.9 Å². The van der Waals surface area contributed by atoms with Crippen molar-refractivity contribution in [2.75, 3.05) is 5.32 Å². The highest BCUT2D eigenvalue weighted by Crippen LogP contribution is 2.33. The van der Waals surface area contributed by atoms with E-state index in [9.17, 15) is 4.79 Å². The molecule has 2 rings (SSSR count). The first-order valence-corrected chi connectivity index (χ1v) is 7.07. The largest absolute Gasteiger partial charge is 0.325 e. The Morgan fingerprint density at radius 3 is 2.84 bits per heavy atom. The van der Waals surface area contributed by atoms with Crippen LogP contribution in [0.2, 0.25) is 10.0 Å². The first-order valence-electron chi connectivity index (χ1n) is 5.43. The van der Waals surface area contributed by atoms with E-state index in [0.29, 0.717) is 33.0 Å². The maximum Gasteiger partial charge on any atom is 0.275 e. The molecule has 1 aromatic carbocycles. The van der Waals surface area contributed by atoms with E-state index < -0.39 is 0 Å². The molecule has 2 aromatic rings. The van der Waals surface area contributed by atoms with Crippen molar-refractivity contribution in [3.63, 3.8) is 0 Å². The predicted octanol–water partition coefficient (Wildman–Crippen LogP) is 3.47. The molecule has 3 N–H and O–H groups in total. The molecule has 0 spiro atoms. The van der Waals surface area contributed by atoms with E-state index in [1.54, 1.807) is 17.5 Å². The Hall–Kier alpha value is -1.14. The lowest BCUT2D eigenvalue weighted by Gasteiger charge is -2.10. The molecule has 100 valence electrons. The summed E-state index contributed by atoms with van der Waals surface area (Å²) in [4.78, 5) is 16.1. The van der Waals surface area contributed by atoms with Gasteiger partial charge < -0.3 is 11.1 Å². The quantitative estimate of drug-likeness (QED) is 0.911. The first kappa shape index (κ1) is 14.3. The number of halogens is 2. The molecule has 4 nitrogen and oxygen atoms in total. The molecule has 0 atom stereocenters. The average molecular weight is 316 g/mol. The van der Waals surface area contributed by atoms with Gasteiger partial charge in [0.25, 0.3) is 5.91 Å². The summed E-state index contributed by atoms with van der Waals surface area (Å²) in [5.41, 5.74) is 7.00. The van der Waals surface area contributed by atoms with Crippen LogP contribution in [0.15, 0.2) is 17.5 Å². The van der Waals surface area contributed by atoms with Crippen molar-refractivity contribution in [2.45, 2.75) is 13.5 Å². The van der Waals surface area contributed by atoms with Crippen LogP contribution >= 0.6 is 34.5 Å². The van der Waals surface area contributed by atoms with Crippen molar-refractivity contribution in [3.05, 3.63) is 43.8 Å². The van der Waals surface area contributed by atoms with E-state index in [0.717, 1.165) is 5.56 Å². The number of amides is 1. The fourth-order valence-corrected chi connectivity index (χ4v) is 2.58. The highest BCUT2D eigenvalue weighted by atomic mass is 35.5. The van der Waals surface area contributed by atoms with Crippen LogP contribution in [-0.4, -0.2) is 10.9 Å². The van der Waals surface area contributed by atoms with Crippen LogP contribution in [0.5, 0.6) is 0 Å². The van der Waals surface area contributed by atoms with Crippen LogP contribution in [-0.2, 0) is 6.54 Å². The molecule has 0 aliphatic rings. The SMILES string of the molecule is Cc1ccc(Cl)c(NC(=O)c2csc(CN)n2)c1Cl. The molecule has 0 aliphatic heterocycles. The summed E-state index contributed by atoms with van der Waals surface area (Å²) < 4.78 is 0. The highest BCUT2D eigenvalue weighted by Gasteiger charge is 2.15. The molecule has 0 bridgehead atoms. The number of nitrogens with one attached hydrogen (secondary N) is 1. The Bertz CT molecular complexity index is 627. The smallest absolute Gasteiger partial charge is 0.275 e. The third-order valence-electron chi connectivity index (χ3n) is 2.48. The molecular weight excluding hydrogens is 305 g/mol. The van der Waals surface area contributed by atoms with Crippen molar-refractivity contribution in [2.24, 2.45) is 5.73 Å². The fourth-order valence-electron chi connectivity index (χ4n) is 1.46. The zero-order chi connectivity index (χ0) is 14.0. The summed E-state index contributed by atoms with van der Waals surface area (Å²) in [5.74, 6) is -0.356. The van der Waals surface area contributed by atoms with Gasteiger partial charge in [-0.25, -0.2) is 4.98 Å². The summed E-state index contributed by atoms with van der Waals surface area (Å²) in [6, 6.07) is 3.47. The number of nitrogens with zero attached hydrogens (tertiary/aromatic N) is 1. The van der Waals surface area contributed by atoms with Gasteiger partial charge in [-0.1, -0.05) is 29.3 Å². The molecule has 1 amide bonds. The van der Waals surface area contributed by atoms with Crippen LogP contribution in [0.3, 0.4) is 0 Å². The monoisotopic (exact) mass is 315 g/mol. The average Bonchev–Trinajstić information content (AvgIpc) is 2.88. The molecule has 0 unspecified atom stereocenters. The number of carbonyl (C=O) groups excluding carboxylic acids is 1. The summed E-state index contributed by atoms with van der Waals surface area (Å²) in [5, 5.41) is 5.84. The molecular formula is C12H11Cl2N3OS. The zero-order valence-corrected chi connectivity index (χ0v) is 12.4.